The standard InChI is InChI=1S/C20H20ClN3O/c1-4-23(17-8-6-5-7-9-17)20(25)16-10-12-18(13-11-16)24-15(3)19(21)14(2)22-24/h5-13H,4H2,1-3H3. The molecule has 1 amide bonds. The first-order chi connectivity index (χ1) is 12.0. The second kappa shape index (κ2) is 7.11. The molecule has 0 bridgehead atoms. The van der Waals surface area contributed by atoms with Gasteiger partial charge >= 0.3 is 0 Å². The fraction of sp³-hybridized carbons (Fsp3) is 0.200. The van der Waals surface area contributed by atoms with Gasteiger partial charge in [0.05, 0.1) is 22.1 Å². The van der Waals surface area contributed by atoms with E-state index in [2.05, 4.69) is 5.10 Å². The van der Waals surface area contributed by atoms with E-state index in [9.17, 15) is 4.79 Å². The Labute approximate surface area is 152 Å². The molecule has 25 heavy (non-hydrogen) atoms. The Balaban J connectivity index is 1.89. The van der Waals surface area contributed by atoms with Crippen molar-refractivity contribution in [2.24, 2.45) is 0 Å². The number of nitrogens with zero attached hydrogens (tertiary/aromatic N) is 3. The highest BCUT2D eigenvalue weighted by atomic mass is 35.5. The van der Waals surface area contributed by atoms with E-state index >= 15 is 0 Å². The van der Waals surface area contributed by atoms with Gasteiger partial charge in [-0.15, -0.1) is 0 Å². The van der Waals surface area contributed by atoms with Gasteiger partial charge in [0.2, 0.25) is 0 Å². The van der Waals surface area contributed by atoms with Crippen LogP contribution in [0.3, 0.4) is 0 Å². The van der Waals surface area contributed by atoms with Gasteiger partial charge in [-0.05, 0) is 57.2 Å². The zero-order chi connectivity index (χ0) is 18.0. The predicted molar refractivity (Wildman–Crippen MR) is 102 cm³/mol. The van der Waals surface area contributed by atoms with Crippen LogP contribution in [0.1, 0.15) is 28.7 Å². The average molecular weight is 354 g/mol. The number of anilines is 1. The van der Waals surface area contributed by atoms with E-state index in [1.165, 1.54) is 0 Å². The molecule has 0 saturated heterocycles. The normalized spacial score (nSPS) is 10.7. The molecule has 0 N–H and O–H groups in total. The van der Waals surface area contributed by atoms with Crippen LogP contribution in [0.2, 0.25) is 5.02 Å². The molecule has 0 atom stereocenters. The molecule has 128 valence electrons. The smallest absolute Gasteiger partial charge is 0.258 e. The van der Waals surface area contributed by atoms with Crippen molar-refractivity contribution in [1.29, 1.82) is 0 Å². The lowest BCUT2D eigenvalue weighted by Gasteiger charge is -2.21. The molecule has 1 aromatic heterocycles. The summed E-state index contributed by atoms with van der Waals surface area (Å²) < 4.78 is 1.79. The Hall–Kier alpha value is -2.59. The highest BCUT2D eigenvalue weighted by Crippen LogP contribution is 2.23. The van der Waals surface area contributed by atoms with E-state index in [-0.39, 0.29) is 5.91 Å². The van der Waals surface area contributed by atoms with Crippen LogP contribution in [-0.4, -0.2) is 22.2 Å². The van der Waals surface area contributed by atoms with Crippen molar-refractivity contribution in [2.45, 2.75) is 20.8 Å². The molecular weight excluding hydrogens is 334 g/mol. The van der Waals surface area contributed by atoms with E-state index in [4.69, 9.17) is 11.6 Å². The summed E-state index contributed by atoms with van der Waals surface area (Å²) in [6, 6.07) is 17.1. The fourth-order valence-corrected chi connectivity index (χ4v) is 2.95. The molecule has 1 heterocycles. The van der Waals surface area contributed by atoms with E-state index < -0.39 is 0 Å². The van der Waals surface area contributed by atoms with E-state index in [0.717, 1.165) is 22.8 Å². The second-order valence-electron chi connectivity index (χ2n) is 5.83. The topological polar surface area (TPSA) is 38.1 Å². The van der Waals surface area contributed by atoms with E-state index in [1.54, 1.807) is 9.58 Å². The van der Waals surface area contributed by atoms with Crippen LogP contribution in [-0.2, 0) is 0 Å². The molecule has 4 nitrogen and oxygen atoms in total. The number of benzene rings is 2. The monoisotopic (exact) mass is 353 g/mol. The first-order valence-corrected chi connectivity index (χ1v) is 8.59. The van der Waals surface area contributed by atoms with Crippen molar-refractivity contribution < 1.29 is 4.79 Å². The van der Waals surface area contributed by atoms with Gasteiger partial charge in [0.1, 0.15) is 0 Å². The van der Waals surface area contributed by atoms with Crippen molar-refractivity contribution in [1.82, 2.24) is 9.78 Å². The molecule has 3 rings (SSSR count). The van der Waals surface area contributed by atoms with Crippen molar-refractivity contribution in [3.05, 3.63) is 76.6 Å². The number of amides is 1. The van der Waals surface area contributed by atoms with Crippen molar-refractivity contribution in [3.8, 4) is 5.69 Å². The molecule has 2 aromatic carbocycles. The summed E-state index contributed by atoms with van der Waals surface area (Å²) in [7, 11) is 0. The molecule has 5 heteroatoms. The average Bonchev–Trinajstić information content (AvgIpc) is 2.91. The van der Waals surface area contributed by atoms with Gasteiger partial charge in [-0.25, -0.2) is 4.68 Å². The van der Waals surface area contributed by atoms with Crippen molar-refractivity contribution in [3.63, 3.8) is 0 Å². The lowest BCUT2D eigenvalue weighted by Crippen LogP contribution is -2.30. The van der Waals surface area contributed by atoms with Crippen LogP contribution in [0.5, 0.6) is 0 Å². The number of hydrogen-bond acceptors (Lipinski definition) is 2. The number of carbonyl (C=O) groups excluding carboxylic acids is 1. The van der Waals surface area contributed by atoms with E-state index in [1.807, 2.05) is 75.4 Å². The fourth-order valence-electron chi connectivity index (χ4n) is 2.83. The third kappa shape index (κ3) is 3.30. The Morgan fingerprint density at radius 3 is 2.24 bits per heavy atom. The summed E-state index contributed by atoms with van der Waals surface area (Å²) >= 11 is 6.21. The molecule has 0 aliphatic rings. The van der Waals surface area contributed by atoms with Gasteiger partial charge < -0.3 is 4.90 Å². The summed E-state index contributed by atoms with van der Waals surface area (Å²) in [5, 5.41) is 5.11. The summed E-state index contributed by atoms with van der Waals surface area (Å²) in [4.78, 5) is 14.6. The third-order valence-corrected chi connectivity index (χ3v) is 4.74. The van der Waals surface area contributed by atoms with Crippen LogP contribution in [0.4, 0.5) is 5.69 Å². The van der Waals surface area contributed by atoms with Crippen LogP contribution in [0.25, 0.3) is 5.69 Å². The number of aromatic nitrogens is 2. The first kappa shape index (κ1) is 17.2. The van der Waals surface area contributed by atoms with Crippen LogP contribution < -0.4 is 4.90 Å². The maximum atomic E-state index is 12.8. The summed E-state index contributed by atoms with van der Waals surface area (Å²) in [6.45, 7) is 6.38. The van der Waals surface area contributed by atoms with Crippen LogP contribution >= 0.6 is 11.6 Å². The Morgan fingerprint density at radius 2 is 1.72 bits per heavy atom. The highest BCUT2D eigenvalue weighted by Gasteiger charge is 2.16. The molecule has 0 unspecified atom stereocenters. The van der Waals surface area contributed by atoms with Gasteiger partial charge in [-0.2, -0.15) is 5.10 Å². The summed E-state index contributed by atoms with van der Waals surface area (Å²) in [6.07, 6.45) is 0. The molecule has 0 fully saturated rings. The minimum atomic E-state index is -0.0216. The minimum Gasteiger partial charge on any atom is -0.309 e. The zero-order valence-electron chi connectivity index (χ0n) is 14.5. The SMILES string of the molecule is CCN(C(=O)c1ccc(-n2nc(C)c(Cl)c2C)cc1)c1ccccc1. The highest BCUT2D eigenvalue weighted by molar-refractivity contribution is 6.31. The lowest BCUT2D eigenvalue weighted by atomic mass is 10.1. The number of carbonyl (C=O) groups is 1. The molecule has 0 spiro atoms. The van der Waals surface area contributed by atoms with Crippen molar-refractivity contribution >= 4 is 23.2 Å². The molecule has 0 saturated carbocycles. The second-order valence-corrected chi connectivity index (χ2v) is 6.21. The maximum Gasteiger partial charge on any atom is 0.258 e. The minimum absolute atomic E-state index is 0.0216. The molecule has 0 aliphatic heterocycles. The third-order valence-electron chi connectivity index (χ3n) is 4.19. The number of halogens is 1. The van der Waals surface area contributed by atoms with Crippen LogP contribution in [0.15, 0.2) is 54.6 Å². The van der Waals surface area contributed by atoms with Gasteiger partial charge in [0.25, 0.3) is 5.91 Å². The maximum absolute atomic E-state index is 12.8. The van der Waals surface area contributed by atoms with Gasteiger partial charge in [-0.1, -0.05) is 29.8 Å². The lowest BCUT2D eigenvalue weighted by molar-refractivity contribution is 0.0988. The quantitative estimate of drug-likeness (QED) is 0.675. The predicted octanol–water partition coefficient (Wildman–Crippen LogP) is 4.81. The van der Waals surface area contributed by atoms with Crippen molar-refractivity contribution in [2.75, 3.05) is 11.4 Å². The molecular formula is C20H20ClN3O. The van der Waals surface area contributed by atoms with Gasteiger partial charge in [0, 0.05) is 17.8 Å². The zero-order valence-corrected chi connectivity index (χ0v) is 15.3. The summed E-state index contributed by atoms with van der Waals surface area (Å²) in [5.74, 6) is -0.0216. The number of rotatable bonds is 4. The van der Waals surface area contributed by atoms with Gasteiger partial charge in [0.15, 0.2) is 0 Å². The number of para-hydroxylation sites is 1. The van der Waals surface area contributed by atoms with Crippen LogP contribution in [0, 0.1) is 13.8 Å². The molecule has 3 aromatic rings. The molecule has 0 radical (unpaired) electrons. The summed E-state index contributed by atoms with van der Waals surface area (Å²) in [5.41, 5.74) is 4.09. The van der Waals surface area contributed by atoms with E-state index in [0.29, 0.717) is 17.1 Å². The van der Waals surface area contributed by atoms with Gasteiger partial charge in [-0.3, -0.25) is 4.79 Å². The molecule has 0 aliphatic carbocycles. The Morgan fingerprint density at radius 1 is 1.08 bits per heavy atom. The Kier molecular flexibility index (Phi) is 4.91. The first-order valence-electron chi connectivity index (χ1n) is 8.22. The Bertz CT molecular complexity index is 885. The largest absolute Gasteiger partial charge is 0.309 e. The number of hydrogen-bond donors (Lipinski definition) is 0. The number of aryl methyl sites for hydroxylation is 1.